The summed E-state index contributed by atoms with van der Waals surface area (Å²) in [6.45, 7) is 0.529. The Kier molecular flexibility index (Phi) is 4.65. The maximum atomic E-state index is 12.8. The van der Waals surface area contributed by atoms with E-state index in [9.17, 15) is 4.79 Å². The predicted octanol–water partition coefficient (Wildman–Crippen LogP) is 4.39. The Hall–Kier alpha value is -3.71. The molecule has 6 nitrogen and oxygen atoms in total. The lowest BCUT2D eigenvalue weighted by molar-refractivity contribution is 0.0959. The molecule has 0 aliphatic rings. The first-order chi connectivity index (χ1) is 14.7. The highest BCUT2D eigenvalue weighted by molar-refractivity contribution is 7.21. The maximum Gasteiger partial charge on any atom is 0.263 e. The molecule has 0 fully saturated rings. The van der Waals surface area contributed by atoms with Crippen molar-refractivity contribution >= 4 is 44.1 Å². The second-order valence-electron chi connectivity index (χ2n) is 6.97. The Balaban J connectivity index is 1.33. The summed E-state index contributed by atoms with van der Waals surface area (Å²) in [4.78, 5) is 26.2. The number of nitrogens with one attached hydrogen (secondary N) is 2. The van der Waals surface area contributed by atoms with Crippen LogP contribution in [0.15, 0.2) is 67.0 Å². The van der Waals surface area contributed by atoms with Crippen LogP contribution in [0.1, 0.15) is 15.2 Å². The van der Waals surface area contributed by atoms with Crippen LogP contribution in [0.5, 0.6) is 0 Å². The second-order valence-corrected chi connectivity index (χ2v) is 7.97. The number of nitrogens with zero attached hydrogens (tertiary/aromatic N) is 2. The number of anilines is 1. The Labute approximate surface area is 176 Å². The Morgan fingerprint density at radius 1 is 1.03 bits per heavy atom. The van der Waals surface area contributed by atoms with Crippen molar-refractivity contribution in [1.82, 2.24) is 20.3 Å². The topological polar surface area (TPSA) is 96.7 Å². The minimum absolute atomic E-state index is 0.172. The average Bonchev–Trinajstić information content (AvgIpc) is 3.35. The van der Waals surface area contributed by atoms with Gasteiger partial charge in [0.25, 0.3) is 5.91 Å². The van der Waals surface area contributed by atoms with Gasteiger partial charge in [-0.05, 0) is 42.3 Å². The largest absolute Gasteiger partial charge is 0.397 e. The second kappa shape index (κ2) is 7.61. The number of H-pyrrole nitrogens is 1. The van der Waals surface area contributed by atoms with Crippen LogP contribution in [0.2, 0.25) is 0 Å². The molecule has 0 aliphatic heterocycles. The van der Waals surface area contributed by atoms with E-state index in [-0.39, 0.29) is 5.91 Å². The number of hydrogen-bond donors (Lipinski definition) is 3. The number of fused-ring (bicyclic) bond motifs is 2. The summed E-state index contributed by atoms with van der Waals surface area (Å²) in [5.74, 6) is -0.172. The highest BCUT2D eigenvalue weighted by Crippen LogP contribution is 2.33. The van der Waals surface area contributed by atoms with Crippen molar-refractivity contribution in [2.45, 2.75) is 6.42 Å². The number of pyridine rings is 2. The SMILES string of the molecule is Nc1c(C(=O)NCCc2c[nH]c3ccccc23)sc2nc(-c3ccccn3)ccc12. The molecule has 0 unspecified atom stereocenters. The van der Waals surface area contributed by atoms with Crippen molar-refractivity contribution in [3.63, 3.8) is 0 Å². The number of rotatable bonds is 5. The molecule has 4 aromatic heterocycles. The van der Waals surface area contributed by atoms with Gasteiger partial charge in [-0.1, -0.05) is 24.3 Å². The zero-order chi connectivity index (χ0) is 20.5. The summed E-state index contributed by atoms with van der Waals surface area (Å²) in [5, 5.41) is 4.96. The van der Waals surface area contributed by atoms with E-state index in [1.807, 2.05) is 54.7 Å². The molecule has 1 aromatic carbocycles. The lowest BCUT2D eigenvalue weighted by Gasteiger charge is -2.04. The normalized spacial score (nSPS) is 11.2. The van der Waals surface area contributed by atoms with Crippen molar-refractivity contribution in [2.24, 2.45) is 0 Å². The minimum atomic E-state index is -0.172. The van der Waals surface area contributed by atoms with E-state index < -0.39 is 0 Å². The van der Waals surface area contributed by atoms with Gasteiger partial charge in [0.05, 0.1) is 17.1 Å². The number of aromatic amines is 1. The van der Waals surface area contributed by atoms with E-state index in [2.05, 4.69) is 26.3 Å². The molecule has 30 heavy (non-hydrogen) atoms. The lowest BCUT2D eigenvalue weighted by atomic mass is 10.1. The molecule has 0 spiro atoms. The molecular weight excluding hydrogens is 394 g/mol. The van der Waals surface area contributed by atoms with Gasteiger partial charge >= 0.3 is 0 Å². The molecule has 0 saturated carbocycles. The molecule has 5 rings (SSSR count). The van der Waals surface area contributed by atoms with Crippen LogP contribution >= 0.6 is 11.3 Å². The summed E-state index contributed by atoms with van der Waals surface area (Å²) in [5.41, 5.74) is 10.6. The predicted molar refractivity (Wildman–Crippen MR) is 122 cm³/mol. The fourth-order valence-corrected chi connectivity index (χ4v) is 4.56. The number of para-hydroxylation sites is 1. The molecular formula is C23H19N5OS. The number of carbonyl (C=O) groups excluding carboxylic acids is 1. The fourth-order valence-electron chi connectivity index (χ4n) is 3.55. The van der Waals surface area contributed by atoms with Crippen molar-refractivity contribution in [3.8, 4) is 11.4 Å². The van der Waals surface area contributed by atoms with Gasteiger partial charge in [-0.3, -0.25) is 9.78 Å². The molecule has 1 amide bonds. The van der Waals surface area contributed by atoms with Crippen LogP contribution in [0.25, 0.3) is 32.5 Å². The van der Waals surface area contributed by atoms with Crippen LogP contribution in [0.4, 0.5) is 5.69 Å². The minimum Gasteiger partial charge on any atom is -0.397 e. The quantitative estimate of drug-likeness (QED) is 0.398. The molecule has 0 bridgehead atoms. The Bertz CT molecular complexity index is 1360. The Morgan fingerprint density at radius 3 is 2.77 bits per heavy atom. The molecule has 148 valence electrons. The van der Waals surface area contributed by atoms with Gasteiger partial charge in [-0.25, -0.2) is 4.98 Å². The highest BCUT2D eigenvalue weighted by Gasteiger charge is 2.18. The summed E-state index contributed by atoms with van der Waals surface area (Å²) in [6.07, 6.45) is 4.47. The molecule has 0 atom stereocenters. The summed E-state index contributed by atoms with van der Waals surface area (Å²) < 4.78 is 0. The molecule has 7 heteroatoms. The van der Waals surface area contributed by atoms with E-state index >= 15 is 0 Å². The molecule has 5 aromatic rings. The van der Waals surface area contributed by atoms with Crippen LogP contribution < -0.4 is 11.1 Å². The Morgan fingerprint density at radius 2 is 1.90 bits per heavy atom. The average molecular weight is 414 g/mol. The summed E-state index contributed by atoms with van der Waals surface area (Å²) in [7, 11) is 0. The van der Waals surface area contributed by atoms with Crippen molar-refractivity contribution in [2.75, 3.05) is 12.3 Å². The van der Waals surface area contributed by atoms with Gasteiger partial charge in [-0.2, -0.15) is 0 Å². The number of nitrogens with two attached hydrogens (primary N) is 1. The number of aromatic nitrogens is 3. The zero-order valence-electron chi connectivity index (χ0n) is 16.1. The van der Waals surface area contributed by atoms with Gasteiger partial charge in [0.2, 0.25) is 0 Å². The van der Waals surface area contributed by atoms with Gasteiger partial charge in [0.15, 0.2) is 0 Å². The van der Waals surface area contributed by atoms with E-state index in [0.717, 1.165) is 33.5 Å². The van der Waals surface area contributed by atoms with Gasteiger partial charge in [0, 0.05) is 35.2 Å². The van der Waals surface area contributed by atoms with E-state index in [1.165, 1.54) is 22.3 Å². The van der Waals surface area contributed by atoms with E-state index in [4.69, 9.17) is 5.73 Å². The standard InChI is InChI=1S/C23H19N5OS/c24-20-16-8-9-19(18-7-3-4-11-25-18)28-23(16)30-21(20)22(29)26-12-10-14-13-27-17-6-2-1-5-15(14)17/h1-9,11,13,27H,10,12,24H2,(H,26,29). The van der Waals surface area contributed by atoms with Gasteiger partial charge < -0.3 is 16.0 Å². The van der Waals surface area contributed by atoms with E-state index in [1.54, 1.807) is 6.20 Å². The van der Waals surface area contributed by atoms with E-state index in [0.29, 0.717) is 17.1 Å². The van der Waals surface area contributed by atoms with Crippen molar-refractivity contribution < 1.29 is 4.79 Å². The van der Waals surface area contributed by atoms with Crippen LogP contribution in [0, 0.1) is 0 Å². The molecule has 0 saturated heterocycles. The van der Waals surface area contributed by atoms with Crippen molar-refractivity contribution in [1.29, 1.82) is 0 Å². The third kappa shape index (κ3) is 3.29. The number of benzene rings is 1. The molecule has 4 heterocycles. The maximum absolute atomic E-state index is 12.8. The van der Waals surface area contributed by atoms with Gasteiger partial charge in [-0.15, -0.1) is 11.3 Å². The summed E-state index contributed by atoms with van der Waals surface area (Å²) >= 11 is 1.31. The lowest BCUT2D eigenvalue weighted by Crippen LogP contribution is -2.25. The van der Waals surface area contributed by atoms with Crippen LogP contribution in [-0.4, -0.2) is 27.4 Å². The third-order valence-corrected chi connectivity index (χ3v) is 6.20. The number of amides is 1. The number of hydrogen-bond acceptors (Lipinski definition) is 5. The number of thiophene rings is 1. The van der Waals surface area contributed by atoms with Crippen LogP contribution in [-0.2, 0) is 6.42 Å². The fraction of sp³-hybridized carbons (Fsp3) is 0.0870. The highest BCUT2D eigenvalue weighted by atomic mass is 32.1. The number of nitrogen functional groups attached to an aromatic ring is 1. The zero-order valence-corrected chi connectivity index (χ0v) is 16.9. The van der Waals surface area contributed by atoms with Crippen molar-refractivity contribution in [3.05, 3.63) is 77.4 Å². The first-order valence-electron chi connectivity index (χ1n) is 9.64. The first-order valence-corrected chi connectivity index (χ1v) is 10.5. The molecule has 0 radical (unpaired) electrons. The molecule has 4 N–H and O–H groups in total. The third-order valence-electron chi connectivity index (χ3n) is 5.08. The summed E-state index contributed by atoms with van der Waals surface area (Å²) in [6, 6.07) is 17.6. The van der Waals surface area contributed by atoms with Crippen LogP contribution in [0.3, 0.4) is 0 Å². The number of carbonyl (C=O) groups is 1. The van der Waals surface area contributed by atoms with Gasteiger partial charge in [0.1, 0.15) is 9.71 Å². The molecule has 0 aliphatic carbocycles. The first kappa shape index (κ1) is 18.3. The monoisotopic (exact) mass is 413 g/mol. The smallest absolute Gasteiger partial charge is 0.263 e.